The van der Waals surface area contributed by atoms with Crippen LogP contribution in [-0.2, 0) is 7.05 Å². The number of aromatic amines is 1. The zero-order chi connectivity index (χ0) is 12.9. The van der Waals surface area contributed by atoms with Gasteiger partial charge in [0.1, 0.15) is 0 Å². The lowest BCUT2D eigenvalue weighted by Gasteiger charge is -2.09. The first-order valence-electron chi connectivity index (χ1n) is 5.70. The largest absolute Gasteiger partial charge is 0.363 e. The highest BCUT2D eigenvalue weighted by Crippen LogP contribution is 2.21. The second-order valence-electron chi connectivity index (χ2n) is 4.49. The maximum atomic E-state index is 12.2. The number of rotatable bonds is 0. The zero-order valence-electron chi connectivity index (χ0n) is 10.2. The third-order valence-corrected chi connectivity index (χ3v) is 3.25. The van der Waals surface area contributed by atoms with E-state index in [9.17, 15) is 9.59 Å². The van der Waals surface area contributed by atoms with Gasteiger partial charge in [-0.05, 0) is 36.6 Å². The lowest BCUT2D eigenvalue weighted by molar-refractivity contribution is 0.913. The first kappa shape index (κ1) is 10.8. The van der Waals surface area contributed by atoms with Crippen LogP contribution < -0.4 is 11.0 Å². The van der Waals surface area contributed by atoms with E-state index in [2.05, 4.69) is 4.98 Å². The number of pyridine rings is 2. The van der Waals surface area contributed by atoms with E-state index in [1.54, 1.807) is 17.7 Å². The summed E-state index contributed by atoms with van der Waals surface area (Å²) in [7, 11) is 1.71. The molecule has 4 heteroatoms. The molecule has 90 valence electrons. The molecule has 0 atom stereocenters. The summed E-state index contributed by atoms with van der Waals surface area (Å²) >= 11 is 0. The number of benzene rings is 1. The van der Waals surface area contributed by atoms with Crippen LogP contribution in [0.4, 0.5) is 0 Å². The maximum absolute atomic E-state index is 12.2. The molecule has 0 fully saturated rings. The van der Waals surface area contributed by atoms with E-state index >= 15 is 0 Å². The highest BCUT2D eigenvalue weighted by atomic mass is 16.1. The molecule has 0 saturated heterocycles. The van der Waals surface area contributed by atoms with Crippen molar-refractivity contribution in [2.75, 3.05) is 0 Å². The number of nitrogens with one attached hydrogen (secondary N) is 1. The number of hydrogen-bond donors (Lipinski definition) is 1. The standard InChI is InChI=1S/C14H12N2O2/c1-8-5-11-10-4-3-9(17)6-12(10)14(18)16(2)13(11)7-15-8/h3-7,15H,1-2H3. The summed E-state index contributed by atoms with van der Waals surface area (Å²) in [5.41, 5.74) is 1.55. The highest BCUT2D eigenvalue weighted by Gasteiger charge is 2.08. The van der Waals surface area contributed by atoms with Gasteiger partial charge in [-0.1, -0.05) is 0 Å². The van der Waals surface area contributed by atoms with E-state index < -0.39 is 0 Å². The molecule has 0 unspecified atom stereocenters. The van der Waals surface area contributed by atoms with Gasteiger partial charge in [-0.2, -0.15) is 0 Å². The summed E-state index contributed by atoms with van der Waals surface area (Å²) < 4.78 is 1.56. The zero-order valence-corrected chi connectivity index (χ0v) is 10.2. The molecule has 0 saturated carbocycles. The molecule has 0 aliphatic rings. The normalized spacial score (nSPS) is 11.2. The minimum atomic E-state index is -0.146. The van der Waals surface area contributed by atoms with Crippen LogP contribution in [0.25, 0.3) is 21.7 Å². The highest BCUT2D eigenvalue weighted by molar-refractivity contribution is 6.05. The molecule has 0 radical (unpaired) electrons. The van der Waals surface area contributed by atoms with Crippen LogP contribution in [0.2, 0.25) is 0 Å². The summed E-state index contributed by atoms with van der Waals surface area (Å²) in [4.78, 5) is 26.7. The predicted octanol–water partition coefficient (Wildman–Crippen LogP) is 1.69. The van der Waals surface area contributed by atoms with Crippen molar-refractivity contribution >= 4 is 21.7 Å². The van der Waals surface area contributed by atoms with E-state index in [1.807, 2.05) is 19.2 Å². The van der Waals surface area contributed by atoms with Gasteiger partial charge in [-0.25, -0.2) is 0 Å². The van der Waals surface area contributed by atoms with Crippen LogP contribution in [0.5, 0.6) is 0 Å². The fourth-order valence-electron chi connectivity index (χ4n) is 2.31. The van der Waals surface area contributed by atoms with E-state index in [0.29, 0.717) is 5.39 Å². The molecule has 4 nitrogen and oxygen atoms in total. The summed E-state index contributed by atoms with van der Waals surface area (Å²) in [6, 6.07) is 6.61. The molecule has 0 aliphatic carbocycles. The Morgan fingerprint density at radius 2 is 1.83 bits per heavy atom. The van der Waals surface area contributed by atoms with Crippen molar-refractivity contribution in [3.8, 4) is 0 Å². The SMILES string of the molecule is Cc1cc2c3ccc(=O)cc3c(=O)n(C)c2c[nH]1. The van der Waals surface area contributed by atoms with Crippen molar-refractivity contribution in [1.29, 1.82) is 0 Å². The van der Waals surface area contributed by atoms with Crippen molar-refractivity contribution in [3.63, 3.8) is 0 Å². The van der Waals surface area contributed by atoms with E-state index in [4.69, 9.17) is 0 Å². The fourth-order valence-corrected chi connectivity index (χ4v) is 2.31. The summed E-state index contributed by atoms with van der Waals surface area (Å²) in [6.07, 6.45) is 1.82. The van der Waals surface area contributed by atoms with Crippen LogP contribution in [0.1, 0.15) is 5.69 Å². The average Bonchev–Trinajstić information content (AvgIpc) is 2.35. The smallest absolute Gasteiger partial charge is 0.258 e. The second-order valence-corrected chi connectivity index (χ2v) is 4.49. The Balaban J connectivity index is 2.72. The van der Waals surface area contributed by atoms with Gasteiger partial charge < -0.3 is 9.55 Å². The Bertz CT molecular complexity index is 888. The topological polar surface area (TPSA) is 54.9 Å². The Morgan fingerprint density at radius 3 is 2.61 bits per heavy atom. The Kier molecular flexibility index (Phi) is 2.13. The summed E-state index contributed by atoms with van der Waals surface area (Å²) in [6.45, 7) is 1.96. The van der Waals surface area contributed by atoms with Crippen LogP contribution in [0.15, 0.2) is 40.1 Å². The number of fused-ring (bicyclic) bond motifs is 3. The van der Waals surface area contributed by atoms with E-state index in [-0.39, 0.29) is 11.0 Å². The molecular weight excluding hydrogens is 228 g/mol. The van der Waals surface area contributed by atoms with Gasteiger partial charge in [0.2, 0.25) is 0 Å². The number of aryl methyl sites for hydroxylation is 2. The lowest BCUT2D eigenvalue weighted by atomic mass is 10.1. The number of nitrogens with zero attached hydrogens (tertiary/aromatic N) is 1. The molecule has 18 heavy (non-hydrogen) atoms. The minimum Gasteiger partial charge on any atom is -0.363 e. The van der Waals surface area contributed by atoms with Gasteiger partial charge >= 0.3 is 0 Å². The van der Waals surface area contributed by atoms with Gasteiger partial charge in [-0.15, -0.1) is 0 Å². The fraction of sp³-hybridized carbons (Fsp3) is 0.143. The molecule has 1 aromatic carbocycles. The van der Waals surface area contributed by atoms with Crippen molar-refractivity contribution < 1.29 is 0 Å². The second kappa shape index (κ2) is 3.57. The Labute approximate surface area is 102 Å². The summed E-state index contributed by atoms with van der Waals surface area (Å²) in [5.74, 6) is 0. The molecule has 3 rings (SSSR count). The molecule has 0 spiro atoms. The summed E-state index contributed by atoms with van der Waals surface area (Å²) in [5, 5.41) is 2.27. The first-order valence-corrected chi connectivity index (χ1v) is 5.70. The van der Waals surface area contributed by atoms with Crippen molar-refractivity contribution in [3.05, 3.63) is 56.7 Å². The minimum absolute atomic E-state index is 0.141. The maximum Gasteiger partial charge on any atom is 0.258 e. The molecule has 2 aromatic heterocycles. The van der Waals surface area contributed by atoms with Crippen molar-refractivity contribution in [2.24, 2.45) is 7.05 Å². The third-order valence-electron chi connectivity index (χ3n) is 3.25. The van der Waals surface area contributed by atoms with Gasteiger partial charge in [0.05, 0.1) is 10.9 Å². The molecule has 0 bridgehead atoms. The van der Waals surface area contributed by atoms with Gasteiger partial charge in [0, 0.05) is 24.3 Å². The monoisotopic (exact) mass is 240 g/mol. The number of aromatic nitrogens is 2. The Hall–Kier alpha value is -2.36. The van der Waals surface area contributed by atoms with Crippen LogP contribution in [-0.4, -0.2) is 9.55 Å². The van der Waals surface area contributed by atoms with Crippen molar-refractivity contribution in [1.82, 2.24) is 9.55 Å². The first-order chi connectivity index (χ1) is 8.58. The quantitative estimate of drug-likeness (QED) is 0.608. The van der Waals surface area contributed by atoms with Crippen LogP contribution >= 0.6 is 0 Å². The number of H-pyrrole nitrogens is 1. The third kappa shape index (κ3) is 1.39. The van der Waals surface area contributed by atoms with Crippen molar-refractivity contribution in [2.45, 2.75) is 6.92 Å². The van der Waals surface area contributed by atoms with Crippen LogP contribution in [0.3, 0.4) is 0 Å². The molecular formula is C14H12N2O2. The molecule has 3 aromatic rings. The van der Waals surface area contributed by atoms with Gasteiger partial charge in [0.15, 0.2) is 5.43 Å². The average molecular weight is 240 g/mol. The molecule has 1 N–H and O–H groups in total. The lowest BCUT2D eigenvalue weighted by Crippen LogP contribution is -2.18. The Morgan fingerprint density at radius 1 is 1.06 bits per heavy atom. The van der Waals surface area contributed by atoms with Gasteiger partial charge in [0.25, 0.3) is 5.56 Å². The van der Waals surface area contributed by atoms with Crippen LogP contribution in [0, 0.1) is 6.92 Å². The number of hydrogen-bond acceptors (Lipinski definition) is 2. The molecule has 0 amide bonds. The predicted molar refractivity (Wildman–Crippen MR) is 72.1 cm³/mol. The van der Waals surface area contributed by atoms with Gasteiger partial charge in [-0.3, -0.25) is 9.59 Å². The van der Waals surface area contributed by atoms with E-state index in [0.717, 1.165) is 22.0 Å². The van der Waals surface area contributed by atoms with E-state index in [1.165, 1.54) is 12.1 Å². The molecule has 0 aliphatic heterocycles. The molecule has 2 heterocycles.